The molecule has 0 aromatic heterocycles. The van der Waals surface area contributed by atoms with Crippen molar-refractivity contribution >= 4 is 18.2 Å². The Morgan fingerprint density at radius 1 is 0.862 bits per heavy atom. The molecule has 172 valence electrons. The molecule has 0 heterocycles. The highest BCUT2D eigenvalue weighted by molar-refractivity contribution is 7.81. The second kappa shape index (κ2) is 17.5. The summed E-state index contributed by atoms with van der Waals surface area (Å²) in [5.41, 5.74) is 0. The lowest BCUT2D eigenvalue weighted by Crippen LogP contribution is -2.34. The van der Waals surface area contributed by atoms with Crippen LogP contribution in [0.3, 0.4) is 0 Å². The number of rotatable bonds is 20. The van der Waals surface area contributed by atoms with E-state index in [-0.39, 0.29) is 0 Å². The van der Waals surface area contributed by atoms with E-state index in [1.807, 2.05) is 0 Å². The third-order valence-electron chi connectivity index (χ3n) is 5.10. The van der Waals surface area contributed by atoms with Gasteiger partial charge in [0.05, 0.1) is 0 Å². The molecule has 0 fully saturated rings. The minimum atomic E-state index is -3.82. The van der Waals surface area contributed by atoms with Crippen LogP contribution in [0.1, 0.15) is 79.1 Å². The van der Waals surface area contributed by atoms with Gasteiger partial charge in [0.25, 0.3) is 0 Å². The molecule has 29 heavy (non-hydrogen) atoms. The lowest BCUT2D eigenvalue weighted by molar-refractivity contribution is -0.122. The fourth-order valence-electron chi connectivity index (χ4n) is 3.27. The van der Waals surface area contributed by atoms with Crippen LogP contribution in [-0.4, -0.2) is 36.3 Å². The van der Waals surface area contributed by atoms with Crippen LogP contribution in [0.4, 0.5) is 0 Å². The van der Waals surface area contributed by atoms with Gasteiger partial charge in [-0.2, -0.15) is 10.1 Å². The maximum absolute atomic E-state index is 12.9. The van der Waals surface area contributed by atoms with Gasteiger partial charge in [0.2, 0.25) is 0 Å². The fraction of sp³-hybridized carbons (Fsp3) is 0.818. The summed E-state index contributed by atoms with van der Waals surface area (Å²) in [6.07, 6.45) is 12.4. The fourth-order valence-corrected chi connectivity index (χ4v) is 4.64. The Morgan fingerprint density at radius 3 is 1.62 bits per heavy atom. The van der Waals surface area contributed by atoms with Crippen molar-refractivity contribution in [3.8, 4) is 0 Å². The molecule has 7 heteroatoms. The third kappa shape index (κ3) is 14.5. The van der Waals surface area contributed by atoms with Gasteiger partial charge >= 0.3 is 6.95 Å². The van der Waals surface area contributed by atoms with Crippen LogP contribution in [0.2, 0.25) is 0 Å². The number of hydrogen-bond acceptors (Lipinski definition) is 5. The Hall–Kier alpha value is -0.160. The molecule has 0 rings (SSSR count). The van der Waals surface area contributed by atoms with Crippen LogP contribution in [0.25, 0.3) is 0 Å². The van der Waals surface area contributed by atoms with E-state index < -0.39 is 6.95 Å². The molecule has 0 saturated carbocycles. The molecule has 0 radical (unpaired) electrons. The van der Waals surface area contributed by atoms with Crippen molar-refractivity contribution in [1.82, 2.24) is 10.1 Å². The van der Waals surface area contributed by atoms with Crippen molar-refractivity contribution in [3.63, 3.8) is 0 Å². The average Bonchev–Trinajstić information content (AvgIpc) is 2.67. The average molecular weight is 451 g/mol. The first kappa shape index (κ1) is 28.8. The van der Waals surface area contributed by atoms with E-state index >= 15 is 0 Å². The summed E-state index contributed by atoms with van der Waals surface area (Å²) < 4.78 is 24.2. The van der Waals surface area contributed by atoms with Crippen LogP contribution in [-0.2, 0) is 13.8 Å². The number of nitrogens with zero attached hydrogens (tertiary/aromatic N) is 2. The third-order valence-corrected chi connectivity index (χ3v) is 6.32. The Kier molecular flexibility index (Phi) is 17.4. The Labute approximate surface area is 184 Å². The smallest absolute Gasteiger partial charge is 0.238 e. The summed E-state index contributed by atoms with van der Waals surface area (Å²) in [6, 6.07) is 0. The zero-order valence-electron chi connectivity index (χ0n) is 19.2. The van der Waals surface area contributed by atoms with Gasteiger partial charge in [0.15, 0.2) is 0 Å². The van der Waals surface area contributed by atoms with Crippen molar-refractivity contribution in [1.29, 1.82) is 0 Å². The first-order valence-corrected chi connectivity index (χ1v) is 13.7. The van der Waals surface area contributed by atoms with Crippen LogP contribution in [0.15, 0.2) is 25.3 Å². The minimum Gasteiger partial charge on any atom is -0.238 e. The number of hydrogen-bond donors (Lipinski definition) is 0. The molecule has 0 bridgehead atoms. The van der Waals surface area contributed by atoms with Gasteiger partial charge in [-0.3, -0.25) is 0 Å². The lowest BCUT2D eigenvalue weighted by atomic mass is 9.97. The first-order valence-electron chi connectivity index (χ1n) is 11.3. The molecular formula is C22H44ClN2O3P. The molecule has 0 aromatic carbocycles. The second-order valence-electron chi connectivity index (χ2n) is 7.70. The van der Waals surface area contributed by atoms with E-state index in [9.17, 15) is 4.57 Å². The lowest BCUT2D eigenvalue weighted by Gasteiger charge is -2.31. The topological polar surface area (TPSA) is 42.0 Å². The number of hydroxylamine groups is 4. The molecule has 0 N–H and O–H groups in total. The van der Waals surface area contributed by atoms with Crippen molar-refractivity contribution in [2.24, 2.45) is 11.8 Å². The van der Waals surface area contributed by atoms with Gasteiger partial charge in [-0.1, -0.05) is 78.4 Å². The van der Waals surface area contributed by atoms with Crippen molar-refractivity contribution in [2.45, 2.75) is 79.1 Å². The predicted molar refractivity (Wildman–Crippen MR) is 126 cm³/mol. The van der Waals surface area contributed by atoms with Gasteiger partial charge < -0.3 is 0 Å². The molecule has 0 amide bonds. The summed E-state index contributed by atoms with van der Waals surface area (Å²) >= 11 is 6.22. The predicted octanol–water partition coefficient (Wildman–Crippen LogP) is 7.61. The van der Waals surface area contributed by atoms with E-state index in [4.69, 9.17) is 20.5 Å². The van der Waals surface area contributed by atoms with Crippen molar-refractivity contribution < 1.29 is 13.8 Å². The largest absolute Gasteiger partial charge is 0.457 e. The standard InChI is InChI=1S/C22H44ClN2O3P/c1-7-13-15-21(11-5)19-25(20-22(12-6)16-14-8-2)28-29(23,26)27-24(17-9-3)18-10-4/h9-10,21-22H,3-4,7-8,11-20H2,1-2,5-6H3. The molecule has 0 spiro atoms. The van der Waals surface area contributed by atoms with Gasteiger partial charge in [0, 0.05) is 37.4 Å². The number of unbranched alkanes of at least 4 members (excludes halogenated alkanes) is 2. The highest BCUT2D eigenvalue weighted by Gasteiger charge is 2.31. The van der Waals surface area contributed by atoms with E-state index in [1.165, 1.54) is 30.7 Å². The molecule has 0 saturated heterocycles. The van der Waals surface area contributed by atoms with E-state index in [0.717, 1.165) is 25.7 Å². The van der Waals surface area contributed by atoms with E-state index in [2.05, 4.69) is 40.9 Å². The molecule has 3 unspecified atom stereocenters. The SMILES string of the molecule is C=CCN(CC=C)OP(=O)(Cl)ON(CC(CC)CCCC)CC(CC)CCCC. The Balaban J connectivity index is 5.23. The van der Waals surface area contributed by atoms with Gasteiger partial charge in [-0.25, -0.2) is 13.8 Å². The van der Waals surface area contributed by atoms with Crippen LogP contribution < -0.4 is 0 Å². The number of halogens is 1. The van der Waals surface area contributed by atoms with Crippen LogP contribution in [0.5, 0.6) is 0 Å². The second-order valence-corrected chi connectivity index (χ2v) is 10.1. The first-order chi connectivity index (χ1) is 13.8. The summed E-state index contributed by atoms with van der Waals surface area (Å²) in [6.45, 7) is 14.5. The quantitative estimate of drug-likeness (QED) is 0.108. The molecule has 3 atom stereocenters. The minimum absolute atomic E-state index is 0.383. The van der Waals surface area contributed by atoms with Crippen LogP contribution in [0, 0.1) is 11.8 Å². The summed E-state index contributed by atoms with van der Waals surface area (Å²) in [5.74, 6) is 0.959. The van der Waals surface area contributed by atoms with Crippen LogP contribution >= 0.6 is 18.2 Å². The van der Waals surface area contributed by atoms with Gasteiger partial charge in [-0.05, 0) is 24.7 Å². The highest BCUT2D eigenvalue weighted by atomic mass is 35.7. The zero-order valence-corrected chi connectivity index (χ0v) is 20.8. The molecule has 0 aliphatic carbocycles. The van der Waals surface area contributed by atoms with E-state index in [1.54, 1.807) is 17.2 Å². The summed E-state index contributed by atoms with van der Waals surface area (Å²) in [7, 11) is 0. The van der Waals surface area contributed by atoms with Gasteiger partial charge in [-0.15, -0.1) is 13.2 Å². The molecule has 0 aliphatic heterocycles. The van der Waals surface area contributed by atoms with Crippen molar-refractivity contribution in [3.05, 3.63) is 25.3 Å². The molecule has 0 aromatic rings. The van der Waals surface area contributed by atoms with Gasteiger partial charge in [0.1, 0.15) is 0 Å². The monoisotopic (exact) mass is 450 g/mol. The Bertz CT molecular complexity index is 451. The zero-order chi connectivity index (χ0) is 22.1. The maximum atomic E-state index is 12.9. The summed E-state index contributed by atoms with van der Waals surface area (Å²) in [4.78, 5) is 0. The van der Waals surface area contributed by atoms with E-state index in [0.29, 0.717) is 38.0 Å². The molecule has 0 aliphatic rings. The van der Waals surface area contributed by atoms with Crippen molar-refractivity contribution in [2.75, 3.05) is 26.2 Å². The Morgan fingerprint density at radius 2 is 1.28 bits per heavy atom. The normalized spacial score (nSPS) is 16.0. The maximum Gasteiger partial charge on any atom is 0.457 e. The molecular weight excluding hydrogens is 407 g/mol. The molecule has 5 nitrogen and oxygen atoms in total. The highest BCUT2D eigenvalue weighted by Crippen LogP contribution is 2.55. The summed E-state index contributed by atoms with van der Waals surface area (Å²) in [5, 5.41) is 3.26.